The summed E-state index contributed by atoms with van der Waals surface area (Å²) in [6.45, 7) is 6.97. The minimum Gasteiger partial charge on any atom is -0.499 e. The Hall–Kier alpha value is -0.283. The van der Waals surface area contributed by atoms with Gasteiger partial charge in [0.25, 0.3) is 0 Å². The van der Waals surface area contributed by atoms with Crippen molar-refractivity contribution in [1.29, 1.82) is 0 Å². The van der Waals surface area contributed by atoms with Crippen LogP contribution in [-0.2, 0) is 9.16 Å². The fraction of sp³-hybridized carbons (Fsp3) is 0.833. The molecule has 0 aromatic heterocycles. The fourth-order valence-electron chi connectivity index (χ4n) is 1.13. The van der Waals surface area contributed by atoms with Crippen LogP contribution >= 0.6 is 0 Å². The smallest absolute Gasteiger partial charge is 0.146 e. The van der Waals surface area contributed by atoms with Crippen molar-refractivity contribution in [3.8, 4) is 0 Å². The lowest BCUT2D eigenvalue weighted by molar-refractivity contribution is 0.0404. The molecule has 0 saturated heterocycles. The molecule has 0 fully saturated rings. The highest BCUT2D eigenvalue weighted by atomic mass is 28.2. The second-order valence-corrected chi connectivity index (χ2v) is 4.90. The highest BCUT2D eigenvalue weighted by molar-refractivity contribution is 5.98. The van der Waals surface area contributed by atoms with Crippen LogP contribution < -0.4 is 0 Å². The summed E-state index contributed by atoms with van der Waals surface area (Å²) in [5.41, 5.74) is -0.126. The van der Waals surface area contributed by atoms with Gasteiger partial charge in [0, 0.05) is 0 Å². The van der Waals surface area contributed by atoms with E-state index in [1.54, 1.807) is 0 Å². The highest BCUT2D eigenvalue weighted by Crippen LogP contribution is 2.07. The first-order valence-corrected chi connectivity index (χ1v) is 6.76. The van der Waals surface area contributed by atoms with Crippen molar-refractivity contribution in [2.45, 2.75) is 58.5 Å². The number of unbranched alkanes of at least 4 members (excludes halogenated alkanes) is 4. The van der Waals surface area contributed by atoms with Crippen molar-refractivity contribution < 1.29 is 9.16 Å². The van der Waals surface area contributed by atoms with Gasteiger partial charge in [-0.1, -0.05) is 26.2 Å². The van der Waals surface area contributed by atoms with Gasteiger partial charge in [0.1, 0.15) is 17.1 Å². The van der Waals surface area contributed by atoms with Gasteiger partial charge in [-0.05, 0) is 32.8 Å². The molecule has 90 valence electrons. The molecule has 0 amide bonds. The van der Waals surface area contributed by atoms with Gasteiger partial charge in [-0.25, -0.2) is 0 Å². The van der Waals surface area contributed by atoms with E-state index < -0.39 is 0 Å². The van der Waals surface area contributed by atoms with Crippen LogP contribution in [0.4, 0.5) is 0 Å². The summed E-state index contributed by atoms with van der Waals surface area (Å²) in [6.07, 6.45) is 10.3. The summed E-state index contributed by atoms with van der Waals surface area (Å²) in [7, 11) is 0.764. The van der Waals surface area contributed by atoms with E-state index in [2.05, 4.69) is 26.8 Å². The lowest BCUT2D eigenvalue weighted by Crippen LogP contribution is -2.28. The number of allylic oxidation sites excluding steroid dienone is 1. The molecule has 0 unspecified atom stereocenters. The van der Waals surface area contributed by atoms with Crippen LogP contribution in [0.3, 0.4) is 0 Å². The van der Waals surface area contributed by atoms with Crippen LogP contribution in [0.2, 0.25) is 0 Å². The molecule has 2 nitrogen and oxygen atoms in total. The van der Waals surface area contributed by atoms with E-state index in [0.29, 0.717) is 6.61 Å². The maximum atomic E-state index is 5.41. The SMILES string of the molecule is CCCCCC/C=C/OCC(C)(C)O[SiH3]. The Morgan fingerprint density at radius 2 is 1.93 bits per heavy atom. The normalized spacial score (nSPS) is 12.5. The zero-order valence-corrected chi connectivity index (χ0v) is 12.7. The van der Waals surface area contributed by atoms with Gasteiger partial charge < -0.3 is 9.16 Å². The van der Waals surface area contributed by atoms with Gasteiger partial charge >= 0.3 is 0 Å². The molecule has 0 N–H and O–H groups in total. The number of hydrogen-bond donors (Lipinski definition) is 0. The molecule has 0 spiro atoms. The average Bonchev–Trinajstić information content (AvgIpc) is 2.22. The number of ether oxygens (including phenoxy) is 1. The Morgan fingerprint density at radius 3 is 2.53 bits per heavy atom. The van der Waals surface area contributed by atoms with E-state index in [1.807, 2.05) is 6.26 Å². The van der Waals surface area contributed by atoms with Crippen LogP contribution in [0.25, 0.3) is 0 Å². The molecule has 0 radical (unpaired) electrons. The summed E-state index contributed by atoms with van der Waals surface area (Å²) in [6, 6.07) is 0. The van der Waals surface area contributed by atoms with Crippen molar-refractivity contribution in [3.63, 3.8) is 0 Å². The molecular formula is C12H26O2Si. The molecular weight excluding hydrogens is 204 g/mol. The summed E-state index contributed by atoms with van der Waals surface area (Å²) in [5, 5.41) is 0. The largest absolute Gasteiger partial charge is 0.499 e. The lowest BCUT2D eigenvalue weighted by atomic mass is 10.1. The third kappa shape index (κ3) is 10.0. The lowest BCUT2D eigenvalue weighted by Gasteiger charge is -2.22. The van der Waals surface area contributed by atoms with Crippen molar-refractivity contribution in [3.05, 3.63) is 12.3 Å². The minimum atomic E-state index is -0.126. The third-order valence-electron chi connectivity index (χ3n) is 2.40. The van der Waals surface area contributed by atoms with E-state index in [-0.39, 0.29) is 5.60 Å². The maximum Gasteiger partial charge on any atom is 0.146 e. The highest BCUT2D eigenvalue weighted by Gasteiger charge is 2.14. The van der Waals surface area contributed by atoms with Gasteiger partial charge in [-0.2, -0.15) is 0 Å². The Morgan fingerprint density at radius 1 is 1.20 bits per heavy atom. The Balaban J connectivity index is 3.31. The topological polar surface area (TPSA) is 18.5 Å². The third-order valence-corrected chi connectivity index (χ3v) is 3.51. The van der Waals surface area contributed by atoms with E-state index in [4.69, 9.17) is 9.16 Å². The molecule has 0 atom stereocenters. The first-order chi connectivity index (χ1) is 7.12. The van der Waals surface area contributed by atoms with Gasteiger partial charge in [0.15, 0.2) is 0 Å². The quantitative estimate of drug-likeness (QED) is 0.344. The van der Waals surface area contributed by atoms with Crippen LogP contribution in [0, 0.1) is 0 Å². The van der Waals surface area contributed by atoms with Gasteiger partial charge in [0.05, 0.1) is 11.9 Å². The first kappa shape index (κ1) is 14.7. The average molecular weight is 230 g/mol. The van der Waals surface area contributed by atoms with E-state index in [9.17, 15) is 0 Å². The second-order valence-electron chi connectivity index (χ2n) is 4.50. The molecule has 0 bridgehead atoms. The monoisotopic (exact) mass is 230 g/mol. The van der Waals surface area contributed by atoms with Crippen LogP contribution in [-0.4, -0.2) is 22.7 Å². The van der Waals surface area contributed by atoms with Gasteiger partial charge in [0.2, 0.25) is 0 Å². The molecule has 0 aromatic rings. The van der Waals surface area contributed by atoms with Gasteiger partial charge in [-0.15, -0.1) is 0 Å². The molecule has 15 heavy (non-hydrogen) atoms. The summed E-state index contributed by atoms with van der Waals surface area (Å²) < 4.78 is 10.8. The van der Waals surface area contributed by atoms with Crippen molar-refractivity contribution >= 4 is 10.5 Å². The standard InChI is InChI=1S/C12H26O2Si/c1-4-5-6-7-8-9-10-13-11-12(2,3)14-15/h9-10H,4-8,11H2,1-3,15H3/b10-9+. The molecule has 0 heterocycles. The molecule has 0 aliphatic heterocycles. The van der Waals surface area contributed by atoms with E-state index in [0.717, 1.165) is 16.9 Å². The molecule has 0 aliphatic carbocycles. The molecule has 0 saturated carbocycles. The Kier molecular flexibility index (Phi) is 8.81. The number of rotatable bonds is 9. The molecule has 3 heteroatoms. The predicted octanol–water partition coefficient (Wildman–Crippen LogP) is 2.56. The number of hydrogen-bond acceptors (Lipinski definition) is 2. The maximum absolute atomic E-state index is 5.41. The van der Waals surface area contributed by atoms with Gasteiger partial charge in [-0.3, -0.25) is 0 Å². The zero-order chi connectivity index (χ0) is 11.6. The van der Waals surface area contributed by atoms with Crippen LogP contribution in [0.15, 0.2) is 12.3 Å². The summed E-state index contributed by atoms with van der Waals surface area (Å²) in [5.74, 6) is 0. The zero-order valence-electron chi connectivity index (χ0n) is 10.7. The molecule has 0 rings (SSSR count). The van der Waals surface area contributed by atoms with E-state index in [1.165, 1.54) is 25.7 Å². The van der Waals surface area contributed by atoms with Crippen LogP contribution in [0.1, 0.15) is 52.9 Å². The van der Waals surface area contributed by atoms with Crippen molar-refractivity contribution in [1.82, 2.24) is 0 Å². The Labute approximate surface area is 97.6 Å². The fourth-order valence-corrected chi connectivity index (χ4v) is 1.25. The molecule has 0 aromatic carbocycles. The Bertz CT molecular complexity index is 167. The summed E-state index contributed by atoms with van der Waals surface area (Å²) >= 11 is 0. The predicted molar refractivity (Wildman–Crippen MR) is 69.0 cm³/mol. The first-order valence-electron chi connectivity index (χ1n) is 5.94. The van der Waals surface area contributed by atoms with Crippen molar-refractivity contribution in [2.75, 3.05) is 6.61 Å². The second kappa shape index (κ2) is 8.98. The minimum absolute atomic E-state index is 0.126. The van der Waals surface area contributed by atoms with Crippen molar-refractivity contribution in [2.24, 2.45) is 0 Å². The van der Waals surface area contributed by atoms with E-state index >= 15 is 0 Å². The summed E-state index contributed by atoms with van der Waals surface area (Å²) in [4.78, 5) is 0. The molecule has 0 aliphatic rings. The van der Waals surface area contributed by atoms with Crippen LogP contribution in [0.5, 0.6) is 0 Å².